The van der Waals surface area contributed by atoms with Gasteiger partial charge in [0.25, 0.3) is 0 Å². The Morgan fingerprint density at radius 3 is 2.42 bits per heavy atom. The number of carbonyl (C=O) groups excluding carboxylic acids is 1. The largest absolute Gasteiger partial charge is 0.448 e. The molecule has 0 aromatic carbocycles. The third-order valence-electron chi connectivity index (χ3n) is 4.41. The molecule has 1 fully saturated rings. The number of amidine groups is 1. The van der Waals surface area contributed by atoms with Gasteiger partial charge in [-0.15, -0.1) is 0 Å². The van der Waals surface area contributed by atoms with Gasteiger partial charge in [-0.1, -0.05) is 60.3 Å². The van der Waals surface area contributed by atoms with E-state index in [1.54, 1.807) is 0 Å². The van der Waals surface area contributed by atoms with Crippen molar-refractivity contribution in [3.05, 3.63) is 0 Å². The number of rotatable bonds is 7. The minimum Gasteiger partial charge on any atom is -0.448 e. The molecule has 1 amide bonds. The van der Waals surface area contributed by atoms with Gasteiger partial charge >= 0.3 is 6.09 Å². The van der Waals surface area contributed by atoms with Gasteiger partial charge in [0.1, 0.15) is 5.84 Å². The normalized spacial score (nSPS) is 17.7. The molecule has 1 saturated heterocycles. The van der Waals surface area contributed by atoms with Gasteiger partial charge in [-0.05, 0) is 12.3 Å². The molecular formula is C19H36N2O3. The van der Waals surface area contributed by atoms with E-state index in [0.29, 0.717) is 25.7 Å². The number of unbranched alkanes of at least 4 members (excludes halogenated alkanes) is 2. The van der Waals surface area contributed by atoms with Crippen molar-refractivity contribution < 1.29 is 14.3 Å². The maximum absolute atomic E-state index is 12.2. The van der Waals surface area contributed by atoms with Crippen LogP contribution >= 0.6 is 0 Å². The Bertz CT molecular complexity index is 396. The van der Waals surface area contributed by atoms with Crippen molar-refractivity contribution in [2.45, 2.75) is 66.7 Å². The van der Waals surface area contributed by atoms with Crippen LogP contribution in [0.4, 0.5) is 4.79 Å². The van der Waals surface area contributed by atoms with Crippen LogP contribution in [0.2, 0.25) is 0 Å². The van der Waals surface area contributed by atoms with Gasteiger partial charge in [-0.3, -0.25) is 0 Å². The van der Waals surface area contributed by atoms with Crippen LogP contribution in [0.5, 0.6) is 0 Å². The lowest BCUT2D eigenvalue weighted by Crippen LogP contribution is -2.46. The standard InChI is InChI=1S/C19H36N2O3/c1-6-8-9-10-16(7-2)15-24-18(22)20-17(19(3,4)5)21-11-13-23-14-12-21/h16H,6-15H2,1-5H3/b20-17-. The van der Waals surface area contributed by atoms with E-state index >= 15 is 0 Å². The molecule has 140 valence electrons. The van der Waals surface area contributed by atoms with Crippen molar-refractivity contribution in [1.29, 1.82) is 0 Å². The van der Waals surface area contributed by atoms with Gasteiger partial charge in [0, 0.05) is 18.5 Å². The molecule has 1 atom stereocenters. The summed E-state index contributed by atoms with van der Waals surface area (Å²) in [6.45, 7) is 14.0. The number of morpholine rings is 1. The number of aliphatic imine (C=N–C) groups is 1. The summed E-state index contributed by atoms with van der Waals surface area (Å²) in [5, 5.41) is 0. The van der Waals surface area contributed by atoms with E-state index in [2.05, 4.69) is 44.5 Å². The molecule has 0 bridgehead atoms. The summed E-state index contributed by atoms with van der Waals surface area (Å²) in [5.74, 6) is 1.24. The Kier molecular flexibility index (Phi) is 9.34. The molecule has 1 rings (SSSR count). The van der Waals surface area contributed by atoms with Crippen LogP contribution in [0.1, 0.15) is 66.7 Å². The van der Waals surface area contributed by atoms with Gasteiger partial charge in [-0.2, -0.15) is 4.99 Å². The second-order valence-corrected chi connectivity index (χ2v) is 7.63. The third-order valence-corrected chi connectivity index (χ3v) is 4.41. The fraction of sp³-hybridized carbons (Fsp3) is 0.895. The Morgan fingerprint density at radius 2 is 1.88 bits per heavy atom. The lowest BCUT2D eigenvalue weighted by atomic mass is 9.93. The fourth-order valence-electron chi connectivity index (χ4n) is 2.88. The third kappa shape index (κ3) is 7.65. The zero-order valence-corrected chi connectivity index (χ0v) is 16.3. The summed E-state index contributed by atoms with van der Waals surface area (Å²) in [6.07, 6.45) is 5.37. The predicted octanol–water partition coefficient (Wildman–Crippen LogP) is 4.51. The zero-order chi connectivity index (χ0) is 18.0. The highest BCUT2D eigenvalue weighted by Crippen LogP contribution is 2.21. The molecule has 24 heavy (non-hydrogen) atoms. The monoisotopic (exact) mass is 340 g/mol. The first kappa shape index (κ1) is 20.9. The smallest absolute Gasteiger partial charge is 0.435 e. The Balaban J connectivity index is 2.60. The molecule has 1 heterocycles. The Hall–Kier alpha value is -1.10. The summed E-state index contributed by atoms with van der Waals surface area (Å²) < 4.78 is 10.9. The van der Waals surface area contributed by atoms with Crippen LogP contribution in [0.3, 0.4) is 0 Å². The Morgan fingerprint density at radius 1 is 1.21 bits per heavy atom. The molecule has 0 saturated carbocycles. The topological polar surface area (TPSA) is 51.1 Å². The van der Waals surface area contributed by atoms with Crippen LogP contribution in [-0.2, 0) is 9.47 Å². The van der Waals surface area contributed by atoms with E-state index in [4.69, 9.17) is 9.47 Å². The molecule has 0 aromatic rings. The van der Waals surface area contributed by atoms with Gasteiger partial charge < -0.3 is 14.4 Å². The maximum atomic E-state index is 12.2. The molecule has 1 unspecified atom stereocenters. The van der Waals surface area contributed by atoms with Crippen molar-refractivity contribution >= 4 is 11.9 Å². The molecule has 0 aliphatic carbocycles. The number of carbonyl (C=O) groups is 1. The molecule has 0 N–H and O–H groups in total. The van der Waals surface area contributed by atoms with E-state index in [0.717, 1.165) is 31.8 Å². The van der Waals surface area contributed by atoms with E-state index in [1.807, 2.05) is 0 Å². The molecule has 5 heteroatoms. The average Bonchev–Trinajstić information content (AvgIpc) is 2.55. The summed E-state index contributed by atoms with van der Waals surface area (Å²) >= 11 is 0. The van der Waals surface area contributed by atoms with Crippen LogP contribution in [0.15, 0.2) is 4.99 Å². The second-order valence-electron chi connectivity index (χ2n) is 7.63. The van der Waals surface area contributed by atoms with Crippen LogP contribution < -0.4 is 0 Å². The van der Waals surface area contributed by atoms with E-state index in [1.165, 1.54) is 19.3 Å². The molecule has 1 aliphatic rings. The van der Waals surface area contributed by atoms with Crippen molar-refractivity contribution in [1.82, 2.24) is 4.90 Å². The van der Waals surface area contributed by atoms with Crippen molar-refractivity contribution in [3.8, 4) is 0 Å². The van der Waals surface area contributed by atoms with E-state index < -0.39 is 6.09 Å². The number of hydrogen-bond acceptors (Lipinski definition) is 3. The molecular weight excluding hydrogens is 304 g/mol. The molecule has 0 aromatic heterocycles. The van der Waals surface area contributed by atoms with Gasteiger partial charge in [0.15, 0.2) is 0 Å². The first-order chi connectivity index (χ1) is 11.4. The van der Waals surface area contributed by atoms with Gasteiger partial charge in [-0.25, -0.2) is 4.79 Å². The lowest BCUT2D eigenvalue weighted by molar-refractivity contribution is 0.0641. The first-order valence-electron chi connectivity index (χ1n) is 9.47. The number of amides is 1. The van der Waals surface area contributed by atoms with Gasteiger partial charge in [0.2, 0.25) is 0 Å². The highest BCUT2D eigenvalue weighted by Gasteiger charge is 2.27. The van der Waals surface area contributed by atoms with Crippen LogP contribution in [0.25, 0.3) is 0 Å². The van der Waals surface area contributed by atoms with Crippen LogP contribution in [-0.4, -0.2) is 49.7 Å². The molecule has 1 aliphatic heterocycles. The number of hydrogen-bond donors (Lipinski definition) is 0. The quantitative estimate of drug-likeness (QED) is 0.389. The summed E-state index contributed by atoms with van der Waals surface area (Å²) in [7, 11) is 0. The molecule has 5 nitrogen and oxygen atoms in total. The fourth-order valence-corrected chi connectivity index (χ4v) is 2.88. The predicted molar refractivity (Wildman–Crippen MR) is 98.6 cm³/mol. The van der Waals surface area contributed by atoms with Crippen LogP contribution in [0, 0.1) is 11.3 Å². The molecule has 0 spiro atoms. The number of ether oxygens (including phenoxy) is 2. The van der Waals surface area contributed by atoms with Crippen molar-refractivity contribution in [2.75, 3.05) is 32.9 Å². The summed E-state index contributed by atoms with van der Waals surface area (Å²) in [6, 6.07) is 0. The van der Waals surface area contributed by atoms with E-state index in [-0.39, 0.29) is 5.41 Å². The number of nitrogens with zero attached hydrogens (tertiary/aromatic N) is 2. The maximum Gasteiger partial charge on any atom is 0.435 e. The summed E-state index contributed by atoms with van der Waals surface area (Å²) in [4.78, 5) is 18.7. The minimum absolute atomic E-state index is 0.193. The van der Waals surface area contributed by atoms with E-state index in [9.17, 15) is 4.79 Å². The SMILES string of the molecule is CCCCCC(CC)COC(=O)/N=C(\N1CCOCC1)C(C)(C)C. The Labute approximate surface area is 147 Å². The molecule has 0 radical (unpaired) electrons. The van der Waals surface area contributed by atoms with Gasteiger partial charge in [0.05, 0.1) is 19.8 Å². The highest BCUT2D eigenvalue weighted by molar-refractivity contribution is 5.95. The van der Waals surface area contributed by atoms with Crippen molar-refractivity contribution in [3.63, 3.8) is 0 Å². The minimum atomic E-state index is -0.458. The lowest BCUT2D eigenvalue weighted by Gasteiger charge is -2.35. The average molecular weight is 341 g/mol. The zero-order valence-electron chi connectivity index (χ0n) is 16.3. The highest BCUT2D eigenvalue weighted by atomic mass is 16.5. The van der Waals surface area contributed by atoms with Crippen molar-refractivity contribution in [2.24, 2.45) is 16.3 Å². The summed E-state index contributed by atoms with van der Waals surface area (Å²) in [5.41, 5.74) is -0.193. The second kappa shape index (κ2) is 10.7. The first-order valence-corrected chi connectivity index (χ1v) is 9.47.